The van der Waals surface area contributed by atoms with Gasteiger partial charge in [0.25, 0.3) is 0 Å². The average molecular weight is 464 g/mol. The van der Waals surface area contributed by atoms with Crippen LogP contribution in [-0.2, 0) is 4.79 Å². The fourth-order valence-electron chi connectivity index (χ4n) is 2.39. The molecule has 1 aliphatic rings. The SMILES string of the molecule is O=C1NC(=O)c2ccc(Br)cc2C1=C[AsH]c1ccc(O)c(C(=O)O)c1. The van der Waals surface area contributed by atoms with Crippen LogP contribution < -0.4 is 9.67 Å². The average Bonchev–Trinajstić information content (AvgIpc) is 2.55. The summed E-state index contributed by atoms with van der Waals surface area (Å²) in [6.45, 7) is 0. The second kappa shape index (κ2) is 6.86. The van der Waals surface area contributed by atoms with Crippen LogP contribution in [0.3, 0.4) is 0 Å². The first-order chi connectivity index (χ1) is 11.9. The molecule has 2 aromatic rings. The number of hydrogen-bond acceptors (Lipinski definition) is 4. The van der Waals surface area contributed by atoms with Crippen LogP contribution in [0.1, 0.15) is 26.3 Å². The molecule has 126 valence electrons. The van der Waals surface area contributed by atoms with Gasteiger partial charge in [0.15, 0.2) is 0 Å². The van der Waals surface area contributed by atoms with Crippen LogP contribution in [0.4, 0.5) is 0 Å². The van der Waals surface area contributed by atoms with Gasteiger partial charge >= 0.3 is 157 Å². The van der Waals surface area contributed by atoms with E-state index in [9.17, 15) is 19.5 Å². The summed E-state index contributed by atoms with van der Waals surface area (Å²) in [5.74, 6) is -2.43. The van der Waals surface area contributed by atoms with Crippen LogP contribution in [0.25, 0.3) is 5.57 Å². The standard InChI is InChI=1S/C17H11AsBrNO5/c19-9-2-3-10-11(6-9)13(16(23)20-15(10)22)7-18-8-1-4-14(21)12(5-8)17(24)25/h1-7,18,21H,(H,24,25)(H,20,22,23). The van der Waals surface area contributed by atoms with E-state index in [0.717, 1.165) is 8.82 Å². The first-order valence-electron chi connectivity index (χ1n) is 7.05. The number of nitrogens with one attached hydrogen (secondary N) is 1. The van der Waals surface area contributed by atoms with Gasteiger partial charge in [0.1, 0.15) is 0 Å². The number of aromatic carboxylic acids is 1. The Morgan fingerprint density at radius 3 is 2.56 bits per heavy atom. The van der Waals surface area contributed by atoms with Crippen molar-refractivity contribution in [3.63, 3.8) is 0 Å². The van der Waals surface area contributed by atoms with E-state index in [2.05, 4.69) is 21.2 Å². The summed E-state index contributed by atoms with van der Waals surface area (Å²) in [6.07, 6.45) is 0. The second-order valence-corrected chi connectivity index (χ2v) is 8.55. The van der Waals surface area contributed by atoms with Gasteiger partial charge in [-0.1, -0.05) is 0 Å². The van der Waals surface area contributed by atoms with Crippen molar-refractivity contribution in [2.45, 2.75) is 0 Å². The van der Waals surface area contributed by atoms with Crippen LogP contribution in [0.5, 0.6) is 5.75 Å². The predicted octanol–water partition coefficient (Wildman–Crippen LogP) is 1.23. The number of imide groups is 1. The Labute approximate surface area is 157 Å². The number of carbonyl (C=O) groups excluding carboxylic acids is 2. The van der Waals surface area contributed by atoms with Gasteiger partial charge in [-0.05, 0) is 0 Å². The summed E-state index contributed by atoms with van der Waals surface area (Å²) in [6, 6.07) is 9.44. The van der Waals surface area contributed by atoms with E-state index in [1.165, 1.54) is 12.1 Å². The topological polar surface area (TPSA) is 104 Å². The molecule has 0 aromatic heterocycles. The van der Waals surface area contributed by atoms with Gasteiger partial charge in [-0.3, -0.25) is 0 Å². The molecule has 1 aliphatic heterocycles. The summed E-state index contributed by atoms with van der Waals surface area (Å²) >= 11 is 2.33. The molecule has 1 heterocycles. The van der Waals surface area contributed by atoms with Gasteiger partial charge in [-0.15, -0.1) is 0 Å². The fourth-order valence-corrected chi connectivity index (χ4v) is 4.86. The van der Waals surface area contributed by atoms with E-state index in [1.807, 2.05) is 0 Å². The fraction of sp³-hybridized carbons (Fsp3) is 0. The molecule has 3 N–H and O–H groups in total. The van der Waals surface area contributed by atoms with Crippen molar-refractivity contribution < 1.29 is 24.6 Å². The van der Waals surface area contributed by atoms with Gasteiger partial charge in [0, 0.05) is 0 Å². The quantitative estimate of drug-likeness (QED) is 0.361. The molecule has 1 unspecified atom stereocenters. The minimum atomic E-state index is -1.21. The number of benzene rings is 2. The van der Waals surface area contributed by atoms with Gasteiger partial charge in [-0.25, -0.2) is 0 Å². The first kappa shape index (κ1) is 17.5. The Bertz CT molecular complexity index is 954. The normalized spacial score (nSPS) is 15.5. The molecule has 0 radical (unpaired) electrons. The zero-order valence-electron chi connectivity index (χ0n) is 12.5. The van der Waals surface area contributed by atoms with Crippen molar-refractivity contribution in [1.82, 2.24) is 5.32 Å². The second-order valence-electron chi connectivity index (χ2n) is 5.21. The summed E-state index contributed by atoms with van der Waals surface area (Å²) in [7, 11) is 0. The van der Waals surface area contributed by atoms with Crippen molar-refractivity contribution in [1.29, 1.82) is 0 Å². The molecule has 0 bridgehead atoms. The molecule has 0 saturated heterocycles. The van der Waals surface area contributed by atoms with Gasteiger partial charge in [-0.2, -0.15) is 0 Å². The molecule has 25 heavy (non-hydrogen) atoms. The number of rotatable bonds is 3. The number of aromatic hydroxyl groups is 1. The maximum atomic E-state index is 12.2. The summed E-state index contributed by atoms with van der Waals surface area (Å²) in [5, 5.41) is 20.9. The Balaban J connectivity index is 1.99. The Morgan fingerprint density at radius 2 is 1.84 bits per heavy atom. The molecule has 3 rings (SSSR count). The van der Waals surface area contributed by atoms with Gasteiger partial charge < -0.3 is 0 Å². The van der Waals surface area contributed by atoms with Crippen LogP contribution in [-0.4, -0.2) is 43.7 Å². The zero-order valence-corrected chi connectivity index (χ0v) is 16.2. The van der Waals surface area contributed by atoms with Gasteiger partial charge in [0.2, 0.25) is 0 Å². The molecular weight excluding hydrogens is 453 g/mol. The third kappa shape index (κ3) is 3.52. The zero-order chi connectivity index (χ0) is 18.1. The molecule has 1 atom stereocenters. The van der Waals surface area contributed by atoms with Crippen LogP contribution in [0.15, 0.2) is 45.7 Å². The predicted molar refractivity (Wildman–Crippen MR) is 96.4 cm³/mol. The number of carbonyl (C=O) groups is 3. The summed E-state index contributed by atoms with van der Waals surface area (Å²) in [5.41, 5.74) is 1.17. The summed E-state index contributed by atoms with van der Waals surface area (Å²) < 4.78 is 1.49. The van der Waals surface area contributed by atoms with Crippen molar-refractivity contribution >= 4 is 59.4 Å². The van der Waals surface area contributed by atoms with E-state index < -0.39 is 33.5 Å². The third-order valence-electron chi connectivity index (χ3n) is 3.60. The Hall–Kier alpha value is -2.37. The van der Waals surface area contributed by atoms with Gasteiger partial charge in [0.05, 0.1) is 0 Å². The minimum absolute atomic E-state index is 0.175. The number of hydrogen-bond donors (Lipinski definition) is 3. The monoisotopic (exact) mass is 463 g/mol. The van der Waals surface area contributed by atoms with E-state index in [0.29, 0.717) is 16.7 Å². The number of carboxylic acids is 1. The van der Waals surface area contributed by atoms with Crippen molar-refractivity contribution in [3.8, 4) is 5.75 Å². The summed E-state index contributed by atoms with van der Waals surface area (Å²) in [4.78, 5) is 37.0. The van der Waals surface area contributed by atoms with E-state index >= 15 is 0 Å². The maximum absolute atomic E-state index is 12.2. The number of amides is 2. The van der Waals surface area contributed by atoms with E-state index in [1.54, 1.807) is 29.1 Å². The number of halogens is 1. The number of phenols is 1. The Morgan fingerprint density at radius 1 is 1.08 bits per heavy atom. The molecule has 2 aromatic carbocycles. The van der Waals surface area contributed by atoms with Crippen LogP contribution in [0.2, 0.25) is 0 Å². The van der Waals surface area contributed by atoms with E-state index in [4.69, 9.17) is 5.11 Å². The van der Waals surface area contributed by atoms with E-state index in [-0.39, 0.29) is 11.3 Å². The van der Waals surface area contributed by atoms with Crippen molar-refractivity contribution in [2.24, 2.45) is 0 Å². The molecule has 0 spiro atoms. The van der Waals surface area contributed by atoms with Crippen molar-refractivity contribution in [3.05, 3.63) is 62.4 Å². The molecule has 0 aliphatic carbocycles. The number of fused-ring (bicyclic) bond motifs is 1. The third-order valence-corrected chi connectivity index (χ3v) is 6.35. The van der Waals surface area contributed by atoms with Crippen molar-refractivity contribution in [2.75, 3.05) is 0 Å². The molecule has 0 saturated carbocycles. The molecule has 6 nitrogen and oxygen atoms in total. The molecular formula is C17H11AsBrNO5. The van der Waals surface area contributed by atoms with Crippen LogP contribution in [0, 0.1) is 0 Å². The Kier molecular flexibility index (Phi) is 4.79. The first-order valence-corrected chi connectivity index (χ1v) is 10.1. The number of carboxylic acid groups (broad SMARTS) is 1. The molecule has 0 fully saturated rings. The molecule has 2 amide bonds. The molecule has 8 heteroatoms. The van der Waals surface area contributed by atoms with Crippen LogP contribution >= 0.6 is 15.9 Å².